The van der Waals surface area contributed by atoms with Gasteiger partial charge in [-0.15, -0.1) is 0 Å². The molecule has 0 bridgehead atoms. The molecule has 2 rings (SSSR count). The summed E-state index contributed by atoms with van der Waals surface area (Å²) in [6.45, 7) is 0.344. The zero-order chi connectivity index (χ0) is 11.0. The lowest BCUT2D eigenvalue weighted by Crippen LogP contribution is -2.31. The van der Waals surface area contributed by atoms with Crippen LogP contribution in [0.1, 0.15) is 10.5 Å². The number of aliphatic hydroxyl groups excluding tert-OH is 2. The van der Waals surface area contributed by atoms with Gasteiger partial charge in [0, 0.05) is 26.3 Å². The van der Waals surface area contributed by atoms with E-state index in [0.29, 0.717) is 5.69 Å². The first-order chi connectivity index (χ1) is 7.09. The van der Waals surface area contributed by atoms with Gasteiger partial charge in [-0.3, -0.25) is 9.48 Å². The van der Waals surface area contributed by atoms with E-state index in [9.17, 15) is 15.0 Å². The molecule has 2 heterocycles. The molecule has 6 nitrogen and oxygen atoms in total. The molecule has 1 saturated heterocycles. The second kappa shape index (κ2) is 3.63. The minimum Gasteiger partial charge on any atom is -0.388 e. The Morgan fingerprint density at radius 2 is 2.07 bits per heavy atom. The second-order valence-electron chi connectivity index (χ2n) is 3.68. The first kappa shape index (κ1) is 10.1. The summed E-state index contributed by atoms with van der Waals surface area (Å²) in [6.07, 6.45) is -0.153. The van der Waals surface area contributed by atoms with Crippen molar-refractivity contribution in [1.82, 2.24) is 14.7 Å². The Morgan fingerprint density at radius 1 is 1.47 bits per heavy atom. The van der Waals surface area contributed by atoms with E-state index in [1.807, 2.05) is 0 Å². The van der Waals surface area contributed by atoms with Gasteiger partial charge in [0.05, 0.1) is 12.2 Å². The van der Waals surface area contributed by atoms with Crippen LogP contribution in [-0.2, 0) is 7.05 Å². The quantitative estimate of drug-likeness (QED) is 0.598. The van der Waals surface area contributed by atoms with Crippen LogP contribution in [0, 0.1) is 0 Å². The summed E-state index contributed by atoms with van der Waals surface area (Å²) in [4.78, 5) is 13.3. The highest BCUT2D eigenvalue weighted by molar-refractivity contribution is 5.92. The number of β-amino-alcohol motifs (C(OH)–C–C–N with tert-alkyl or cyclic N) is 2. The summed E-state index contributed by atoms with van der Waals surface area (Å²) in [5.41, 5.74) is 0.455. The van der Waals surface area contributed by atoms with Gasteiger partial charge in [0.15, 0.2) is 0 Å². The fourth-order valence-corrected chi connectivity index (χ4v) is 1.68. The fraction of sp³-hybridized carbons (Fsp3) is 0.556. The summed E-state index contributed by atoms with van der Waals surface area (Å²) in [7, 11) is 1.68. The van der Waals surface area contributed by atoms with Crippen LogP contribution in [-0.4, -0.2) is 56.1 Å². The normalized spacial score (nSPS) is 25.9. The van der Waals surface area contributed by atoms with Gasteiger partial charge in [0.1, 0.15) is 5.69 Å². The highest BCUT2D eigenvalue weighted by Crippen LogP contribution is 2.13. The zero-order valence-electron chi connectivity index (χ0n) is 8.37. The molecule has 1 aliphatic heterocycles. The summed E-state index contributed by atoms with van der Waals surface area (Å²) in [5, 5.41) is 22.5. The van der Waals surface area contributed by atoms with E-state index in [0.717, 1.165) is 0 Å². The Bertz CT molecular complexity index is 366. The van der Waals surface area contributed by atoms with E-state index >= 15 is 0 Å². The molecule has 0 saturated carbocycles. The zero-order valence-corrected chi connectivity index (χ0v) is 8.37. The van der Waals surface area contributed by atoms with E-state index < -0.39 is 12.2 Å². The molecule has 1 fully saturated rings. The molecule has 2 N–H and O–H groups in total. The van der Waals surface area contributed by atoms with Crippen molar-refractivity contribution >= 4 is 5.91 Å². The van der Waals surface area contributed by atoms with Crippen molar-refractivity contribution in [2.24, 2.45) is 7.05 Å². The molecule has 15 heavy (non-hydrogen) atoms. The highest BCUT2D eigenvalue weighted by atomic mass is 16.3. The maximum Gasteiger partial charge on any atom is 0.272 e. The Labute approximate surface area is 86.7 Å². The molecule has 1 aliphatic rings. The van der Waals surface area contributed by atoms with Crippen LogP contribution in [0.5, 0.6) is 0 Å². The molecular weight excluding hydrogens is 198 g/mol. The number of aliphatic hydroxyl groups is 2. The molecule has 6 heteroatoms. The molecule has 1 amide bonds. The van der Waals surface area contributed by atoms with Crippen LogP contribution >= 0.6 is 0 Å². The minimum absolute atomic E-state index is 0.172. The standard InChI is InChI=1S/C9H13N3O3/c1-11-6(2-3-10-11)9(15)12-4-7(13)8(14)5-12/h2-3,7-8,13-14H,4-5H2,1H3. The lowest BCUT2D eigenvalue weighted by atomic mass is 10.3. The van der Waals surface area contributed by atoms with Gasteiger partial charge in [-0.05, 0) is 6.07 Å². The summed E-state index contributed by atoms with van der Waals surface area (Å²) < 4.78 is 1.47. The lowest BCUT2D eigenvalue weighted by Gasteiger charge is -2.14. The van der Waals surface area contributed by atoms with Crippen molar-refractivity contribution in [2.45, 2.75) is 12.2 Å². The predicted octanol–water partition coefficient (Wildman–Crippen LogP) is -1.40. The van der Waals surface area contributed by atoms with E-state index in [1.54, 1.807) is 13.1 Å². The van der Waals surface area contributed by atoms with Crippen molar-refractivity contribution in [1.29, 1.82) is 0 Å². The van der Waals surface area contributed by atoms with Gasteiger partial charge < -0.3 is 15.1 Å². The Kier molecular flexibility index (Phi) is 2.45. The van der Waals surface area contributed by atoms with E-state index in [1.165, 1.54) is 15.8 Å². The molecule has 1 aromatic heterocycles. The van der Waals surface area contributed by atoms with Gasteiger partial charge >= 0.3 is 0 Å². The number of likely N-dealkylation sites (tertiary alicyclic amines) is 1. The Balaban J connectivity index is 2.13. The van der Waals surface area contributed by atoms with Crippen LogP contribution in [0.15, 0.2) is 12.3 Å². The van der Waals surface area contributed by atoms with Crippen molar-refractivity contribution in [3.63, 3.8) is 0 Å². The second-order valence-corrected chi connectivity index (χ2v) is 3.68. The third-order valence-electron chi connectivity index (χ3n) is 2.59. The van der Waals surface area contributed by atoms with E-state index in [-0.39, 0.29) is 19.0 Å². The number of hydrogen-bond acceptors (Lipinski definition) is 4. The third-order valence-corrected chi connectivity index (χ3v) is 2.59. The third kappa shape index (κ3) is 1.73. The van der Waals surface area contributed by atoms with E-state index in [2.05, 4.69) is 5.10 Å². The first-order valence-corrected chi connectivity index (χ1v) is 4.73. The number of aromatic nitrogens is 2. The molecule has 0 aliphatic carbocycles. The van der Waals surface area contributed by atoms with Gasteiger partial charge in [0.25, 0.3) is 5.91 Å². The topological polar surface area (TPSA) is 78.6 Å². The largest absolute Gasteiger partial charge is 0.388 e. The van der Waals surface area contributed by atoms with Gasteiger partial charge in [-0.25, -0.2) is 0 Å². The van der Waals surface area contributed by atoms with Gasteiger partial charge in [-0.1, -0.05) is 0 Å². The molecule has 0 radical (unpaired) electrons. The van der Waals surface area contributed by atoms with Crippen LogP contribution in [0.2, 0.25) is 0 Å². The number of amides is 1. The first-order valence-electron chi connectivity index (χ1n) is 4.73. The van der Waals surface area contributed by atoms with Crippen molar-refractivity contribution in [3.8, 4) is 0 Å². The molecule has 2 unspecified atom stereocenters. The Hall–Kier alpha value is -1.40. The minimum atomic E-state index is -0.845. The SMILES string of the molecule is Cn1nccc1C(=O)N1CC(O)C(O)C1. The fourth-order valence-electron chi connectivity index (χ4n) is 1.68. The van der Waals surface area contributed by atoms with Crippen molar-refractivity contribution < 1.29 is 15.0 Å². The monoisotopic (exact) mass is 211 g/mol. The maximum atomic E-state index is 11.9. The smallest absolute Gasteiger partial charge is 0.272 e. The average Bonchev–Trinajstić information content (AvgIpc) is 2.74. The summed E-state index contributed by atoms with van der Waals surface area (Å²) in [5.74, 6) is -0.217. The predicted molar refractivity (Wildman–Crippen MR) is 51.1 cm³/mol. The van der Waals surface area contributed by atoms with Crippen LogP contribution < -0.4 is 0 Å². The van der Waals surface area contributed by atoms with Gasteiger partial charge in [-0.2, -0.15) is 5.10 Å². The van der Waals surface area contributed by atoms with Crippen LogP contribution in [0.25, 0.3) is 0 Å². The number of rotatable bonds is 1. The molecular formula is C9H13N3O3. The highest BCUT2D eigenvalue weighted by Gasteiger charge is 2.33. The summed E-state index contributed by atoms with van der Waals surface area (Å²) >= 11 is 0. The molecule has 2 atom stereocenters. The van der Waals surface area contributed by atoms with Gasteiger partial charge in [0.2, 0.25) is 0 Å². The number of carbonyl (C=O) groups excluding carboxylic acids is 1. The lowest BCUT2D eigenvalue weighted by molar-refractivity contribution is 0.0572. The van der Waals surface area contributed by atoms with Crippen LogP contribution in [0.4, 0.5) is 0 Å². The number of nitrogens with zero attached hydrogens (tertiary/aromatic N) is 3. The average molecular weight is 211 g/mol. The number of hydrogen-bond donors (Lipinski definition) is 2. The molecule has 1 aromatic rings. The van der Waals surface area contributed by atoms with E-state index in [4.69, 9.17) is 0 Å². The maximum absolute atomic E-state index is 11.9. The number of aryl methyl sites for hydroxylation is 1. The molecule has 0 spiro atoms. The van der Waals surface area contributed by atoms with Crippen molar-refractivity contribution in [3.05, 3.63) is 18.0 Å². The molecule has 0 aromatic carbocycles. The molecule has 82 valence electrons. The Morgan fingerprint density at radius 3 is 2.53 bits per heavy atom. The summed E-state index contributed by atoms with van der Waals surface area (Å²) in [6, 6.07) is 1.61. The number of carbonyl (C=O) groups is 1. The van der Waals surface area contributed by atoms with Crippen molar-refractivity contribution in [2.75, 3.05) is 13.1 Å². The van der Waals surface area contributed by atoms with Crippen LogP contribution in [0.3, 0.4) is 0 Å².